The molecule has 0 amide bonds. The molecule has 0 aliphatic heterocycles. The number of hydrogen-bond acceptors (Lipinski definition) is 2. The van der Waals surface area contributed by atoms with Crippen LogP contribution in [0.1, 0.15) is 34.1 Å². The van der Waals surface area contributed by atoms with E-state index in [1.165, 1.54) is 0 Å². The molecule has 0 atom stereocenters. The molecule has 0 aliphatic carbocycles. The first kappa shape index (κ1) is 12.9. The molecule has 0 aliphatic rings. The van der Waals surface area contributed by atoms with Crippen molar-refractivity contribution in [3.8, 4) is 5.75 Å². The predicted octanol–water partition coefficient (Wildman–Crippen LogP) is 3.93. The zero-order valence-corrected chi connectivity index (χ0v) is 10.8. The summed E-state index contributed by atoms with van der Waals surface area (Å²) in [6.45, 7) is 10.5. The standard InChI is InChI=1S/C14H23NO/c1-5-15-12-6-8-13(9-7-12)16-11-10-14(2,3)4/h6-9,15H,5,10-11H2,1-4H3. The average Bonchev–Trinajstić information content (AvgIpc) is 2.19. The van der Waals surface area contributed by atoms with E-state index in [-0.39, 0.29) is 0 Å². The topological polar surface area (TPSA) is 21.3 Å². The molecule has 0 saturated carbocycles. The minimum Gasteiger partial charge on any atom is -0.494 e. The van der Waals surface area contributed by atoms with E-state index in [0.29, 0.717) is 5.41 Å². The Labute approximate surface area is 99.0 Å². The van der Waals surface area contributed by atoms with Crippen molar-refractivity contribution >= 4 is 5.69 Å². The van der Waals surface area contributed by atoms with Crippen molar-refractivity contribution in [2.45, 2.75) is 34.1 Å². The summed E-state index contributed by atoms with van der Waals surface area (Å²) in [6, 6.07) is 8.13. The zero-order chi connectivity index (χ0) is 12.0. The minimum atomic E-state index is 0.337. The average molecular weight is 221 g/mol. The van der Waals surface area contributed by atoms with Gasteiger partial charge in [-0.3, -0.25) is 0 Å². The number of rotatable bonds is 5. The van der Waals surface area contributed by atoms with E-state index >= 15 is 0 Å². The Morgan fingerprint density at radius 1 is 1.12 bits per heavy atom. The molecule has 0 radical (unpaired) electrons. The van der Waals surface area contributed by atoms with Gasteiger partial charge < -0.3 is 10.1 Å². The van der Waals surface area contributed by atoms with Crippen molar-refractivity contribution in [3.05, 3.63) is 24.3 Å². The summed E-state index contributed by atoms with van der Waals surface area (Å²) in [4.78, 5) is 0. The molecule has 0 spiro atoms. The second-order valence-corrected chi connectivity index (χ2v) is 5.21. The fourth-order valence-corrected chi connectivity index (χ4v) is 1.35. The van der Waals surface area contributed by atoms with Gasteiger partial charge in [0, 0.05) is 12.2 Å². The summed E-state index contributed by atoms with van der Waals surface area (Å²) in [5, 5.41) is 3.26. The first-order chi connectivity index (χ1) is 7.51. The summed E-state index contributed by atoms with van der Waals surface area (Å²) in [7, 11) is 0. The second-order valence-electron chi connectivity index (χ2n) is 5.21. The highest BCUT2D eigenvalue weighted by Crippen LogP contribution is 2.20. The third-order valence-corrected chi connectivity index (χ3v) is 2.36. The van der Waals surface area contributed by atoms with E-state index < -0.39 is 0 Å². The van der Waals surface area contributed by atoms with Crippen molar-refractivity contribution in [3.63, 3.8) is 0 Å². The third-order valence-electron chi connectivity index (χ3n) is 2.36. The lowest BCUT2D eigenvalue weighted by atomic mass is 9.93. The Balaban J connectivity index is 2.37. The molecule has 1 aromatic carbocycles. The van der Waals surface area contributed by atoms with Crippen LogP contribution in [0.4, 0.5) is 5.69 Å². The maximum atomic E-state index is 5.69. The van der Waals surface area contributed by atoms with Crippen molar-refractivity contribution in [1.82, 2.24) is 0 Å². The van der Waals surface area contributed by atoms with Crippen LogP contribution in [-0.2, 0) is 0 Å². The lowest BCUT2D eigenvalue weighted by Crippen LogP contribution is -2.11. The van der Waals surface area contributed by atoms with Gasteiger partial charge in [-0.2, -0.15) is 0 Å². The van der Waals surface area contributed by atoms with Crippen LogP contribution in [-0.4, -0.2) is 13.2 Å². The van der Waals surface area contributed by atoms with Crippen LogP contribution in [0.5, 0.6) is 5.75 Å². The van der Waals surface area contributed by atoms with Crippen molar-refractivity contribution in [2.24, 2.45) is 5.41 Å². The van der Waals surface area contributed by atoms with Crippen molar-refractivity contribution < 1.29 is 4.74 Å². The van der Waals surface area contributed by atoms with Crippen molar-refractivity contribution in [1.29, 1.82) is 0 Å². The van der Waals surface area contributed by atoms with Gasteiger partial charge in [-0.05, 0) is 43.0 Å². The molecule has 1 rings (SSSR count). The van der Waals surface area contributed by atoms with E-state index in [2.05, 4.69) is 45.1 Å². The largest absolute Gasteiger partial charge is 0.494 e. The number of hydrogen-bond donors (Lipinski definition) is 1. The highest BCUT2D eigenvalue weighted by Gasteiger charge is 2.09. The number of nitrogens with one attached hydrogen (secondary N) is 1. The molecule has 0 aromatic heterocycles. The monoisotopic (exact) mass is 221 g/mol. The van der Waals surface area contributed by atoms with E-state index in [9.17, 15) is 0 Å². The lowest BCUT2D eigenvalue weighted by molar-refractivity contribution is 0.243. The minimum absolute atomic E-state index is 0.337. The lowest BCUT2D eigenvalue weighted by Gasteiger charge is -2.18. The zero-order valence-electron chi connectivity index (χ0n) is 10.8. The van der Waals surface area contributed by atoms with Crippen LogP contribution in [0.15, 0.2) is 24.3 Å². The van der Waals surface area contributed by atoms with Crippen LogP contribution in [0.2, 0.25) is 0 Å². The first-order valence-electron chi connectivity index (χ1n) is 5.98. The molecule has 2 heteroatoms. The summed E-state index contributed by atoms with van der Waals surface area (Å²) in [5.41, 5.74) is 1.48. The van der Waals surface area contributed by atoms with Crippen LogP contribution < -0.4 is 10.1 Å². The molecule has 0 saturated heterocycles. The van der Waals surface area contributed by atoms with E-state index in [1.807, 2.05) is 12.1 Å². The van der Waals surface area contributed by atoms with Crippen LogP contribution >= 0.6 is 0 Å². The SMILES string of the molecule is CCNc1ccc(OCCC(C)(C)C)cc1. The Kier molecular flexibility index (Phi) is 4.66. The first-order valence-corrected chi connectivity index (χ1v) is 5.98. The molecule has 0 unspecified atom stereocenters. The molecule has 2 nitrogen and oxygen atoms in total. The van der Waals surface area contributed by atoms with E-state index in [0.717, 1.165) is 31.0 Å². The van der Waals surface area contributed by atoms with E-state index in [4.69, 9.17) is 4.74 Å². The quantitative estimate of drug-likeness (QED) is 0.813. The Morgan fingerprint density at radius 2 is 1.75 bits per heavy atom. The highest BCUT2D eigenvalue weighted by atomic mass is 16.5. The predicted molar refractivity (Wildman–Crippen MR) is 70.2 cm³/mol. The van der Waals surface area contributed by atoms with Crippen LogP contribution in [0, 0.1) is 5.41 Å². The second kappa shape index (κ2) is 5.78. The normalized spacial score (nSPS) is 11.2. The molecule has 0 fully saturated rings. The van der Waals surface area contributed by atoms with Gasteiger partial charge in [0.25, 0.3) is 0 Å². The summed E-state index contributed by atoms with van der Waals surface area (Å²) >= 11 is 0. The molecule has 1 N–H and O–H groups in total. The third kappa shape index (κ3) is 5.06. The Morgan fingerprint density at radius 3 is 2.25 bits per heavy atom. The Bertz CT molecular complexity index is 298. The van der Waals surface area contributed by atoms with Gasteiger partial charge in [0.1, 0.15) is 5.75 Å². The fourth-order valence-electron chi connectivity index (χ4n) is 1.35. The Hall–Kier alpha value is -1.18. The van der Waals surface area contributed by atoms with Gasteiger partial charge in [0.05, 0.1) is 6.61 Å². The molecule has 90 valence electrons. The number of benzene rings is 1. The van der Waals surface area contributed by atoms with Gasteiger partial charge in [0.15, 0.2) is 0 Å². The molecular formula is C14H23NO. The fraction of sp³-hybridized carbons (Fsp3) is 0.571. The molecule has 16 heavy (non-hydrogen) atoms. The van der Waals surface area contributed by atoms with E-state index in [1.54, 1.807) is 0 Å². The summed E-state index contributed by atoms with van der Waals surface area (Å²) < 4.78 is 5.69. The molecule has 1 aromatic rings. The number of anilines is 1. The molecule has 0 heterocycles. The maximum absolute atomic E-state index is 5.69. The summed E-state index contributed by atoms with van der Waals surface area (Å²) in [6.07, 6.45) is 1.07. The maximum Gasteiger partial charge on any atom is 0.119 e. The summed E-state index contributed by atoms with van der Waals surface area (Å²) in [5.74, 6) is 0.950. The van der Waals surface area contributed by atoms with Crippen LogP contribution in [0.25, 0.3) is 0 Å². The van der Waals surface area contributed by atoms with Gasteiger partial charge in [-0.1, -0.05) is 20.8 Å². The number of ether oxygens (including phenoxy) is 1. The van der Waals surface area contributed by atoms with Gasteiger partial charge in [-0.15, -0.1) is 0 Å². The molecule has 0 bridgehead atoms. The highest BCUT2D eigenvalue weighted by molar-refractivity contribution is 5.46. The molecular weight excluding hydrogens is 198 g/mol. The van der Waals surface area contributed by atoms with Gasteiger partial charge >= 0.3 is 0 Å². The van der Waals surface area contributed by atoms with Crippen molar-refractivity contribution in [2.75, 3.05) is 18.5 Å². The van der Waals surface area contributed by atoms with Gasteiger partial charge in [-0.25, -0.2) is 0 Å². The van der Waals surface area contributed by atoms with Gasteiger partial charge in [0.2, 0.25) is 0 Å². The van der Waals surface area contributed by atoms with Crippen LogP contribution in [0.3, 0.4) is 0 Å². The smallest absolute Gasteiger partial charge is 0.119 e.